The predicted octanol–water partition coefficient (Wildman–Crippen LogP) is 6.63. The zero-order valence-electron chi connectivity index (χ0n) is 21.0. The molecule has 10 heteroatoms. The molecule has 1 aromatic heterocycles. The summed E-state index contributed by atoms with van der Waals surface area (Å²) in [6, 6.07) is 14.8. The van der Waals surface area contributed by atoms with Crippen LogP contribution in [0.25, 0.3) is 10.9 Å². The first-order chi connectivity index (χ1) is 18.3. The summed E-state index contributed by atoms with van der Waals surface area (Å²) in [4.78, 5) is 18.0. The Morgan fingerprint density at radius 2 is 1.84 bits per heavy atom. The summed E-state index contributed by atoms with van der Waals surface area (Å²) in [6.07, 6.45) is 1.62. The van der Waals surface area contributed by atoms with Crippen molar-refractivity contribution >= 4 is 49.0 Å². The molecule has 1 aliphatic rings. The number of hydrogen-bond acceptors (Lipinski definition) is 7. The van der Waals surface area contributed by atoms with Gasteiger partial charge in [0.2, 0.25) is 6.79 Å². The average Bonchev–Trinajstić information content (AvgIpc) is 3.37. The van der Waals surface area contributed by atoms with Crippen molar-refractivity contribution in [1.82, 2.24) is 9.66 Å². The molecule has 8 nitrogen and oxygen atoms in total. The van der Waals surface area contributed by atoms with Crippen LogP contribution in [0.1, 0.15) is 43.6 Å². The normalized spacial score (nSPS) is 12.6. The van der Waals surface area contributed by atoms with E-state index >= 15 is 0 Å². The van der Waals surface area contributed by atoms with E-state index in [0.717, 1.165) is 25.8 Å². The van der Waals surface area contributed by atoms with E-state index in [1.807, 2.05) is 63.2 Å². The highest BCUT2D eigenvalue weighted by atomic mass is 79.9. The number of aromatic nitrogens is 2. The van der Waals surface area contributed by atoms with Crippen LogP contribution >= 0.6 is 31.9 Å². The summed E-state index contributed by atoms with van der Waals surface area (Å²) >= 11 is 7.05. The number of hydrogen-bond donors (Lipinski definition) is 0. The average molecular weight is 643 g/mol. The van der Waals surface area contributed by atoms with E-state index in [-0.39, 0.29) is 18.3 Å². The van der Waals surface area contributed by atoms with E-state index in [9.17, 15) is 4.79 Å². The van der Waals surface area contributed by atoms with Gasteiger partial charge in [-0.1, -0.05) is 35.8 Å². The number of ether oxygens (including phenoxy) is 4. The molecular weight excluding hydrogens is 618 g/mol. The van der Waals surface area contributed by atoms with Gasteiger partial charge in [-0.25, -0.2) is 4.98 Å². The molecule has 0 bridgehead atoms. The molecular formula is C28H25Br2N3O5. The lowest BCUT2D eigenvalue weighted by atomic mass is 10.2. The van der Waals surface area contributed by atoms with Crippen molar-refractivity contribution in [3.63, 3.8) is 0 Å². The van der Waals surface area contributed by atoms with Crippen LogP contribution in [0.3, 0.4) is 0 Å². The molecule has 2 heterocycles. The molecule has 0 spiro atoms. The molecule has 5 rings (SSSR count). The summed E-state index contributed by atoms with van der Waals surface area (Å²) in [6.45, 7) is 6.87. The second-order valence-electron chi connectivity index (χ2n) is 8.88. The van der Waals surface area contributed by atoms with Crippen LogP contribution in [0.2, 0.25) is 0 Å². The Hall–Kier alpha value is -3.37. The van der Waals surface area contributed by atoms with Gasteiger partial charge in [-0.3, -0.25) is 4.79 Å². The van der Waals surface area contributed by atoms with Gasteiger partial charge < -0.3 is 18.9 Å². The molecule has 1 aliphatic heterocycles. The molecule has 0 saturated carbocycles. The standard InChI is InChI=1S/C28H25Br2N3O5/c1-4-35-25-10-18(21(30)12-26(25)36-14-17-5-8-23-24(9-17)38-15-37-23)13-31-33-27(16(2)3)32-22-7-6-19(29)11-20(22)28(33)34/h5-13,16H,4,14-15H2,1-3H3. The quantitative estimate of drug-likeness (QED) is 0.201. The van der Waals surface area contributed by atoms with Crippen molar-refractivity contribution in [2.24, 2.45) is 5.10 Å². The lowest BCUT2D eigenvalue weighted by Crippen LogP contribution is -2.23. The Bertz CT molecular complexity index is 1600. The van der Waals surface area contributed by atoms with E-state index in [1.54, 1.807) is 12.3 Å². The van der Waals surface area contributed by atoms with Gasteiger partial charge >= 0.3 is 0 Å². The molecule has 3 aromatic carbocycles. The van der Waals surface area contributed by atoms with E-state index < -0.39 is 0 Å². The molecule has 0 saturated heterocycles. The van der Waals surface area contributed by atoms with Crippen molar-refractivity contribution in [1.29, 1.82) is 0 Å². The van der Waals surface area contributed by atoms with Crippen molar-refractivity contribution in [2.75, 3.05) is 13.4 Å². The third kappa shape index (κ3) is 5.42. The minimum Gasteiger partial charge on any atom is -0.490 e. The zero-order chi connectivity index (χ0) is 26.8. The SMILES string of the molecule is CCOc1cc(C=Nn2c(C(C)C)nc3ccc(Br)cc3c2=O)c(Br)cc1OCc1ccc2c(c1)OCO2. The maximum absolute atomic E-state index is 13.3. The summed E-state index contributed by atoms with van der Waals surface area (Å²) in [7, 11) is 0. The van der Waals surface area contributed by atoms with Gasteiger partial charge in [0.25, 0.3) is 5.56 Å². The van der Waals surface area contributed by atoms with Crippen LogP contribution in [-0.4, -0.2) is 29.3 Å². The van der Waals surface area contributed by atoms with Gasteiger partial charge in [0.1, 0.15) is 12.4 Å². The van der Waals surface area contributed by atoms with Crippen LogP contribution in [0, 0.1) is 0 Å². The number of nitrogens with zero attached hydrogens (tertiary/aromatic N) is 3. The molecule has 0 unspecified atom stereocenters. The fourth-order valence-corrected chi connectivity index (χ4v) is 4.78. The number of rotatable bonds is 8. The first-order valence-electron chi connectivity index (χ1n) is 12.1. The van der Waals surface area contributed by atoms with E-state index in [1.165, 1.54) is 4.68 Å². The maximum atomic E-state index is 13.3. The summed E-state index contributed by atoms with van der Waals surface area (Å²) < 4.78 is 25.7. The summed E-state index contributed by atoms with van der Waals surface area (Å²) in [5.41, 5.74) is 2.06. The molecule has 38 heavy (non-hydrogen) atoms. The van der Waals surface area contributed by atoms with Gasteiger partial charge in [-0.05, 0) is 70.9 Å². The smallest absolute Gasteiger partial charge is 0.282 e. The molecule has 0 atom stereocenters. The summed E-state index contributed by atoms with van der Waals surface area (Å²) in [5, 5.41) is 5.03. The first kappa shape index (κ1) is 26.2. The highest BCUT2D eigenvalue weighted by molar-refractivity contribution is 9.10. The Kier molecular flexibility index (Phi) is 7.71. The van der Waals surface area contributed by atoms with Gasteiger partial charge in [0.15, 0.2) is 23.0 Å². The summed E-state index contributed by atoms with van der Waals surface area (Å²) in [5.74, 6) is 3.13. The lowest BCUT2D eigenvalue weighted by molar-refractivity contribution is 0.174. The first-order valence-corrected chi connectivity index (χ1v) is 13.7. The van der Waals surface area contributed by atoms with Crippen molar-refractivity contribution in [3.05, 3.63) is 84.8 Å². The van der Waals surface area contributed by atoms with Crippen LogP contribution in [0.15, 0.2) is 67.4 Å². The molecule has 4 aromatic rings. The highest BCUT2D eigenvalue weighted by Crippen LogP contribution is 2.36. The maximum Gasteiger partial charge on any atom is 0.282 e. The number of benzene rings is 3. The van der Waals surface area contributed by atoms with Gasteiger partial charge in [-0.2, -0.15) is 9.78 Å². The molecule has 0 aliphatic carbocycles. The fourth-order valence-electron chi connectivity index (χ4n) is 3.99. The Morgan fingerprint density at radius 3 is 2.63 bits per heavy atom. The Labute approximate surface area is 236 Å². The minimum absolute atomic E-state index is 0.0118. The van der Waals surface area contributed by atoms with Crippen LogP contribution in [0.5, 0.6) is 23.0 Å². The second kappa shape index (κ2) is 11.2. The Morgan fingerprint density at radius 1 is 1.05 bits per heavy atom. The van der Waals surface area contributed by atoms with E-state index in [0.29, 0.717) is 47.2 Å². The topological polar surface area (TPSA) is 84.2 Å². The van der Waals surface area contributed by atoms with Crippen LogP contribution in [-0.2, 0) is 6.61 Å². The van der Waals surface area contributed by atoms with Crippen molar-refractivity contribution < 1.29 is 18.9 Å². The van der Waals surface area contributed by atoms with Gasteiger partial charge in [-0.15, -0.1) is 0 Å². The third-order valence-electron chi connectivity index (χ3n) is 5.86. The molecule has 0 fully saturated rings. The predicted molar refractivity (Wildman–Crippen MR) is 153 cm³/mol. The zero-order valence-corrected chi connectivity index (χ0v) is 24.2. The van der Waals surface area contributed by atoms with Gasteiger partial charge in [0.05, 0.1) is 23.7 Å². The minimum atomic E-state index is -0.235. The molecule has 0 radical (unpaired) electrons. The number of halogens is 2. The molecule has 196 valence electrons. The second-order valence-corrected chi connectivity index (χ2v) is 10.6. The van der Waals surface area contributed by atoms with E-state index in [2.05, 4.69) is 37.0 Å². The third-order valence-corrected chi connectivity index (χ3v) is 7.04. The van der Waals surface area contributed by atoms with Crippen molar-refractivity contribution in [2.45, 2.75) is 33.3 Å². The van der Waals surface area contributed by atoms with Crippen LogP contribution < -0.4 is 24.5 Å². The fraction of sp³-hybridized carbons (Fsp3) is 0.250. The monoisotopic (exact) mass is 641 g/mol. The number of fused-ring (bicyclic) bond motifs is 2. The van der Waals surface area contributed by atoms with Crippen molar-refractivity contribution in [3.8, 4) is 23.0 Å². The van der Waals surface area contributed by atoms with Gasteiger partial charge in [0, 0.05) is 20.4 Å². The highest BCUT2D eigenvalue weighted by Gasteiger charge is 2.16. The lowest BCUT2D eigenvalue weighted by Gasteiger charge is -2.15. The molecule has 0 N–H and O–H groups in total. The largest absolute Gasteiger partial charge is 0.490 e. The van der Waals surface area contributed by atoms with E-state index in [4.69, 9.17) is 23.9 Å². The molecule has 0 amide bonds. The van der Waals surface area contributed by atoms with Crippen LogP contribution in [0.4, 0.5) is 0 Å². The Balaban J connectivity index is 1.46.